The number of halogens is 1. The number of carbonyl (C=O) groups excluding carboxylic acids is 2. The van der Waals surface area contributed by atoms with Gasteiger partial charge in [0.15, 0.2) is 5.82 Å². The lowest BCUT2D eigenvalue weighted by molar-refractivity contribution is -0.123. The Morgan fingerprint density at radius 1 is 1.17 bits per heavy atom. The quantitative estimate of drug-likeness (QED) is 0.443. The Labute approximate surface area is 167 Å². The third-order valence-electron chi connectivity index (χ3n) is 7.14. The molecule has 29 heavy (non-hydrogen) atoms. The molecule has 1 aromatic carbocycles. The molecule has 1 aromatic rings. The van der Waals surface area contributed by atoms with E-state index in [9.17, 15) is 9.59 Å². The van der Waals surface area contributed by atoms with Gasteiger partial charge in [-0.15, -0.1) is 6.42 Å². The lowest BCUT2D eigenvalue weighted by Crippen LogP contribution is -2.40. The summed E-state index contributed by atoms with van der Waals surface area (Å²) in [4.78, 5) is 29.1. The van der Waals surface area contributed by atoms with E-state index in [1.165, 1.54) is 12.1 Å². The molecule has 1 spiro atoms. The maximum Gasteiger partial charge on any atom is 0.238 e. The van der Waals surface area contributed by atoms with E-state index in [1.807, 2.05) is 17.1 Å². The van der Waals surface area contributed by atoms with E-state index in [-0.39, 0.29) is 47.7 Å². The first-order chi connectivity index (χ1) is 13.9. The van der Waals surface area contributed by atoms with E-state index in [0.717, 1.165) is 29.9 Å². The molecule has 0 N–H and O–H groups in total. The van der Waals surface area contributed by atoms with Crippen molar-refractivity contribution in [2.75, 3.05) is 16.3 Å². The standard InChI is InChI=1S/C23H19FN2O3/c1-3-8-25-12(2)23(6-7-23)29-18-10-15(24)16(11-17(18)25)26-21(27)19-13-4-5-14(9-13)20(19)22(26)28/h1,4-5,10-11,13-14,19-20H,2,6-9H2. The maximum atomic E-state index is 15.1. The lowest BCUT2D eigenvalue weighted by atomic mass is 9.85. The first-order valence-electron chi connectivity index (χ1n) is 9.94. The average molecular weight is 390 g/mol. The number of ether oxygens (including phenoxy) is 1. The molecule has 1 saturated heterocycles. The molecule has 6 heteroatoms. The van der Waals surface area contributed by atoms with Gasteiger partial charge in [-0.1, -0.05) is 24.7 Å². The summed E-state index contributed by atoms with van der Waals surface area (Å²) < 4.78 is 21.2. The summed E-state index contributed by atoms with van der Waals surface area (Å²) in [5.74, 6) is 1.09. The number of fused-ring (bicyclic) bond motifs is 6. The van der Waals surface area contributed by atoms with Crippen LogP contribution in [0.1, 0.15) is 19.3 Å². The molecule has 2 heterocycles. The third kappa shape index (κ3) is 2.00. The van der Waals surface area contributed by atoms with Crippen molar-refractivity contribution in [2.24, 2.45) is 23.7 Å². The van der Waals surface area contributed by atoms with Gasteiger partial charge >= 0.3 is 0 Å². The number of benzene rings is 1. The van der Waals surface area contributed by atoms with Gasteiger partial charge in [-0.2, -0.15) is 0 Å². The summed E-state index contributed by atoms with van der Waals surface area (Å²) in [5.41, 5.74) is 0.732. The summed E-state index contributed by atoms with van der Waals surface area (Å²) in [5, 5.41) is 0. The first kappa shape index (κ1) is 16.8. The summed E-state index contributed by atoms with van der Waals surface area (Å²) in [7, 11) is 0. The monoisotopic (exact) mass is 390 g/mol. The minimum atomic E-state index is -0.644. The van der Waals surface area contributed by atoms with Crippen LogP contribution in [0.15, 0.2) is 36.6 Å². The molecular formula is C23H19FN2O3. The highest BCUT2D eigenvalue weighted by atomic mass is 19.1. The molecule has 2 saturated carbocycles. The van der Waals surface area contributed by atoms with Crippen LogP contribution in [-0.2, 0) is 9.59 Å². The van der Waals surface area contributed by atoms with Crippen molar-refractivity contribution in [3.8, 4) is 18.1 Å². The van der Waals surface area contributed by atoms with Crippen LogP contribution in [0.2, 0.25) is 0 Å². The highest BCUT2D eigenvalue weighted by Crippen LogP contribution is 2.56. The zero-order valence-corrected chi connectivity index (χ0v) is 15.7. The number of hydrogen-bond donors (Lipinski definition) is 0. The zero-order valence-electron chi connectivity index (χ0n) is 15.7. The Morgan fingerprint density at radius 3 is 2.41 bits per heavy atom. The minimum Gasteiger partial charge on any atom is -0.479 e. The van der Waals surface area contributed by atoms with Crippen LogP contribution in [0.4, 0.5) is 15.8 Å². The Hall–Kier alpha value is -3.07. The molecule has 5 nitrogen and oxygen atoms in total. The van der Waals surface area contributed by atoms with Gasteiger partial charge in [-0.05, 0) is 37.2 Å². The lowest BCUT2D eigenvalue weighted by Gasteiger charge is -2.38. The van der Waals surface area contributed by atoms with Crippen molar-refractivity contribution in [1.82, 2.24) is 0 Å². The number of terminal acetylenes is 1. The van der Waals surface area contributed by atoms with Crippen molar-refractivity contribution in [2.45, 2.75) is 24.9 Å². The Bertz CT molecular complexity index is 1050. The predicted octanol–water partition coefficient (Wildman–Crippen LogP) is 3.02. The second-order valence-corrected chi connectivity index (χ2v) is 8.62. The van der Waals surface area contributed by atoms with E-state index in [0.29, 0.717) is 11.4 Å². The summed E-state index contributed by atoms with van der Waals surface area (Å²) in [6.07, 6.45) is 12.0. The van der Waals surface area contributed by atoms with Crippen LogP contribution in [0.25, 0.3) is 0 Å². The van der Waals surface area contributed by atoms with Crippen LogP contribution in [0.3, 0.4) is 0 Å². The maximum absolute atomic E-state index is 15.1. The molecule has 4 unspecified atom stereocenters. The van der Waals surface area contributed by atoms with Crippen molar-refractivity contribution >= 4 is 23.2 Å². The molecule has 4 atom stereocenters. The number of nitrogens with zero attached hydrogens (tertiary/aromatic N) is 2. The molecule has 2 bridgehead atoms. The fraction of sp³-hybridized carbons (Fsp3) is 0.391. The van der Waals surface area contributed by atoms with Gasteiger partial charge in [0.25, 0.3) is 0 Å². The molecule has 0 aromatic heterocycles. The van der Waals surface area contributed by atoms with Crippen molar-refractivity contribution in [3.05, 3.63) is 42.4 Å². The van der Waals surface area contributed by atoms with Crippen LogP contribution in [0.5, 0.6) is 5.75 Å². The van der Waals surface area contributed by atoms with Crippen LogP contribution < -0.4 is 14.5 Å². The second kappa shape index (κ2) is 5.29. The van der Waals surface area contributed by atoms with Crippen molar-refractivity contribution < 1.29 is 18.7 Å². The fourth-order valence-electron chi connectivity index (χ4n) is 5.57. The summed E-state index contributed by atoms with van der Waals surface area (Å²) >= 11 is 0. The molecule has 3 aliphatic carbocycles. The molecule has 146 valence electrons. The molecule has 2 aliphatic heterocycles. The van der Waals surface area contributed by atoms with Gasteiger partial charge in [-0.3, -0.25) is 9.59 Å². The van der Waals surface area contributed by atoms with Crippen molar-refractivity contribution in [1.29, 1.82) is 0 Å². The van der Waals surface area contributed by atoms with Gasteiger partial charge in [-0.25, -0.2) is 9.29 Å². The number of carbonyl (C=O) groups is 2. The summed E-state index contributed by atoms with van der Waals surface area (Å²) in [6.45, 7) is 4.39. The molecule has 6 rings (SSSR count). The molecule has 0 radical (unpaired) electrons. The summed E-state index contributed by atoms with van der Waals surface area (Å²) in [6, 6.07) is 2.77. The van der Waals surface area contributed by atoms with Crippen LogP contribution in [-0.4, -0.2) is 24.0 Å². The topological polar surface area (TPSA) is 49.9 Å². The average Bonchev–Trinajstić information content (AvgIpc) is 3.05. The minimum absolute atomic E-state index is 0.0299. The zero-order chi connectivity index (χ0) is 20.1. The highest BCUT2D eigenvalue weighted by molar-refractivity contribution is 6.23. The van der Waals surface area contributed by atoms with Gasteiger partial charge in [0, 0.05) is 6.07 Å². The SMILES string of the molecule is C#CCN1C(=C)C2(CC2)Oc2cc(F)c(N3C(=O)C4C5C=CC(C5)C4C3=O)cc21. The van der Waals surface area contributed by atoms with E-state index < -0.39 is 11.4 Å². The van der Waals surface area contributed by atoms with E-state index in [4.69, 9.17) is 11.2 Å². The van der Waals surface area contributed by atoms with Gasteiger partial charge in [0.05, 0.1) is 35.5 Å². The van der Waals surface area contributed by atoms with Crippen molar-refractivity contribution in [3.63, 3.8) is 0 Å². The highest BCUT2D eigenvalue weighted by Gasteiger charge is 2.60. The number of imide groups is 1. The largest absolute Gasteiger partial charge is 0.479 e. The van der Waals surface area contributed by atoms with Crippen LogP contribution >= 0.6 is 0 Å². The smallest absolute Gasteiger partial charge is 0.238 e. The third-order valence-corrected chi connectivity index (χ3v) is 7.14. The molecule has 5 aliphatic rings. The van der Waals surface area contributed by atoms with E-state index >= 15 is 4.39 Å². The van der Waals surface area contributed by atoms with E-state index in [1.54, 1.807) is 0 Å². The van der Waals surface area contributed by atoms with Gasteiger partial charge in [0.2, 0.25) is 11.8 Å². The number of allylic oxidation sites excluding steroid dienone is 2. The molecular weight excluding hydrogens is 371 g/mol. The normalized spacial score (nSPS) is 32.5. The Balaban J connectivity index is 1.44. The first-order valence-corrected chi connectivity index (χ1v) is 9.94. The second-order valence-electron chi connectivity index (χ2n) is 8.62. The number of amides is 2. The van der Waals surface area contributed by atoms with Gasteiger partial charge in [0.1, 0.15) is 11.4 Å². The van der Waals surface area contributed by atoms with Gasteiger partial charge < -0.3 is 9.64 Å². The Kier molecular flexibility index (Phi) is 3.08. The molecule has 2 amide bonds. The predicted molar refractivity (Wildman–Crippen MR) is 105 cm³/mol. The van der Waals surface area contributed by atoms with Crippen LogP contribution in [0, 0.1) is 41.8 Å². The number of rotatable bonds is 2. The fourth-order valence-corrected chi connectivity index (χ4v) is 5.57. The number of hydrogen-bond acceptors (Lipinski definition) is 4. The molecule has 3 fully saturated rings. The van der Waals surface area contributed by atoms with E-state index in [2.05, 4.69) is 12.5 Å². The number of anilines is 2. The Morgan fingerprint density at radius 2 is 1.83 bits per heavy atom.